The molecule has 0 aliphatic heterocycles. The highest BCUT2D eigenvalue weighted by Crippen LogP contribution is 2.31. The van der Waals surface area contributed by atoms with Crippen molar-refractivity contribution in [1.82, 2.24) is 4.98 Å². The van der Waals surface area contributed by atoms with Crippen molar-refractivity contribution in [3.05, 3.63) is 75.7 Å². The van der Waals surface area contributed by atoms with E-state index in [1.54, 1.807) is 35.6 Å². The molecule has 0 spiro atoms. The number of hydrogen-bond acceptors (Lipinski definition) is 6. The number of thiazole rings is 1. The molecule has 162 valence electrons. The van der Waals surface area contributed by atoms with Gasteiger partial charge < -0.3 is 10.1 Å². The van der Waals surface area contributed by atoms with Crippen LogP contribution in [-0.4, -0.2) is 23.5 Å². The highest BCUT2D eigenvalue weighted by molar-refractivity contribution is 7.98. The Morgan fingerprint density at radius 2 is 1.94 bits per heavy atom. The number of nitrogens with zero attached hydrogens (tertiary/aromatic N) is 1. The number of halogens is 3. The van der Waals surface area contributed by atoms with Crippen LogP contribution >= 0.6 is 23.1 Å². The van der Waals surface area contributed by atoms with Gasteiger partial charge in [0.25, 0.3) is 5.91 Å². The first-order valence-corrected chi connectivity index (χ1v) is 10.9. The topological polar surface area (TPSA) is 68.3 Å². The SMILES string of the molecule is Cc1nc(CSc2ccccc2C(=O)OCC(=O)Nc2cccc(C(F)(F)F)c2)cs1. The van der Waals surface area contributed by atoms with Gasteiger partial charge in [-0.2, -0.15) is 13.2 Å². The number of carbonyl (C=O) groups excluding carboxylic acids is 2. The predicted molar refractivity (Wildman–Crippen MR) is 113 cm³/mol. The Morgan fingerprint density at radius 3 is 2.65 bits per heavy atom. The Balaban J connectivity index is 1.57. The molecule has 1 amide bonds. The van der Waals surface area contributed by atoms with Gasteiger partial charge in [-0.05, 0) is 37.3 Å². The number of nitrogens with one attached hydrogen (secondary N) is 1. The Kier molecular flexibility index (Phi) is 7.34. The standard InChI is InChI=1S/C21H17F3N2O3S2/c1-13-25-16(11-30-13)12-31-18-8-3-2-7-17(18)20(28)29-10-19(27)26-15-6-4-5-14(9-15)21(22,23)24/h2-9,11H,10,12H2,1H3,(H,26,27). The first-order valence-electron chi connectivity index (χ1n) is 8.99. The number of benzene rings is 2. The fraction of sp³-hybridized carbons (Fsp3) is 0.190. The number of thioether (sulfide) groups is 1. The maximum Gasteiger partial charge on any atom is 0.416 e. The molecule has 1 aromatic heterocycles. The zero-order valence-electron chi connectivity index (χ0n) is 16.2. The third kappa shape index (κ3) is 6.56. The molecule has 0 fully saturated rings. The zero-order chi connectivity index (χ0) is 22.4. The molecule has 0 aliphatic rings. The number of hydrogen-bond donors (Lipinski definition) is 1. The number of aryl methyl sites for hydroxylation is 1. The monoisotopic (exact) mass is 466 g/mol. The minimum atomic E-state index is -4.52. The van der Waals surface area contributed by atoms with E-state index in [0.717, 1.165) is 22.8 Å². The van der Waals surface area contributed by atoms with Crippen molar-refractivity contribution in [2.75, 3.05) is 11.9 Å². The summed E-state index contributed by atoms with van der Waals surface area (Å²) in [5.74, 6) is -0.863. The number of ether oxygens (including phenoxy) is 1. The summed E-state index contributed by atoms with van der Waals surface area (Å²) in [6, 6.07) is 11.0. The van der Waals surface area contributed by atoms with Gasteiger partial charge in [-0.15, -0.1) is 23.1 Å². The molecular weight excluding hydrogens is 449 g/mol. The Hall–Kier alpha value is -2.85. The fourth-order valence-electron chi connectivity index (χ4n) is 2.57. The lowest BCUT2D eigenvalue weighted by Crippen LogP contribution is -2.21. The van der Waals surface area contributed by atoms with Crippen LogP contribution in [-0.2, 0) is 21.5 Å². The van der Waals surface area contributed by atoms with Crippen LogP contribution in [0.4, 0.5) is 18.9 Å². The first-order chi connectivity index (χ1) is 14.7. The summed E-state index contributed by atoms with van der Waals surface area (Å²) in [7, 11) is 0. The summed E-state index contributed by atoms with van der Waals surface area (Å²) in [5, 5.41) is 5.20. The van der Waals surface area contributed by atoms with Gasteiger partial charge in [0.2, 0.25) is 0 Å². The van der Waals surface area contributed by atoms with Gasteiger partial charge in [0.05, 0.1) is 21.8 Å². The van der Waals surface area contributed by atoms with Gasteiger partial charge in [0.15, 0.2) is 6.61 Å². The second-order valence-corrected chi connectivity index (χ2v) is 8.42. The van der Waals surface area contributed by atoms with Crippen LogP contribution in [0.5, 0.6) is 0 Å². The largest absolute Gasteiger partial charge is 0.452 e. The number of carbonyl (C=O) groups is 2. The van der Waals surface area contributed by atoms with Crippen LogP contribution < -0.4 is 5.32 Å². The lowest BCUT2D eigenvalue weighted by atomic mass is 10.2. The molecule has 31 heavy (non-hydrogen) atoms. The van der Waals surface area contributed by atoms with Crippen molar-refractivity contribution in [2.45, 2.75) is 23.7 Å². The quantitative estimate of drug-likeness (QED) is 0.365. The zero-order valence-corrected chi connectivity index (χ0v) is 17.9. The van der Waals surface area contributed by atoms with E-state index in [-0.39, 0.29) is 5.69 Å². The van der Waals surface area contributed by atoms with E-state index in [4.69, 9.17) is 4.74 Å². The summed E-state index contributed by atoms with van der Waals surface area (Å²) in [5.41, 5.74) is 0.274. The summed E-state index contributed by atoms with van der Waals surface area (Å²) in [6.45, 7) is 1.29. The average Bonchev–Trinajstić information content (AvgIpc) is 3.15. The van der Waals surface area contributed by atoms with Crippen molar-refractivity contribution < 1.29 is 27.5 Å². The predicted octanol–water partition coefficient (Wildman–Crippen LogP) is 5.56. The highest BCUT2D eigenvalue weighted by atomic mass is 32.2. The van der Waals surface area contributed by atoms with Crippen LogP contribution in [0.15, 0.2) is 58.8 Å². The molecule has 1 heterocycles. The minimum Gasteiger partial charge on any atom is -0.452 e. The molecule has 0 radical (unpaired) electrons. The van der Waals surface area contributed by atoms with Crippen molar-refractivity contribution in [3.8, 4) is 0 Å². The van der Waals surface area contributed by atoms with Crippen LogP contribution in [0.3, 0.4) is 0 Å². The Labute approximate surface area is 184 Å². The first kappa shape index (κ1) is 22.8. The van der Waals surface area contributed by atoms with Gasteiger partial charge in [-0.25, -0.2) is 9.78 Å². The molecule has 0 aliphatic carbocycles. The molecule has 0 unspecified atom stereocenters. The van der Waals surface area contributed by atoms with Crippen LogP contribution in [0.25, 0.3) is 0 Å². The second kappa shape index (κ2) is 9.97. The number of anilines is 1. The summed E-state index contributed by atoms with van der Waals surface area (Å²) >= 11 is 2.96. The van der Waals surface area contributed by atoms with Gasteiger partial charge in [0, 0.05) is 21.7 Å². The number of esters is 1. The van der Waals surface area contributed by atoms with E-state index in [0.29, 0.717) is 16.2 Å². The molecule has 5 nitrogen and oxygen atoms in total. The van der Waals surface area contributed by atoms with Crippen molar-refractivity contribution in [2.24, 2.45) is 0 Å². The molecule has 0 bridgehead atoms. The Bertz CT molecular complexity index is 1080. The lowest BCUT2D eigenvalue weighted by Gasteiger charge is -2.11. The number of amides is 1. The van der Waals surface area contributed by atoms with Gasteiger partial charge in [-0.3, -0.25) is 4.79 Å². The van der Waals surface area contributed by atoms with E-state index in [2.05, 4.69) is 10.3 Å². The van der Waals surface area contributed by atoms with Crippen LogP contribution in [0, 0.1) is 6.92 Å². The molecule has 2 aromatic carbocycles. The molecule has 3 rings (SSSR count). The molecule has 10 heteroatoms. The van der Waals surface area contributed by atoms with E-state index < -0.39 is 30.2 Å². The number of alkyl halides is 3. The van der Waals surface area contributed by atoms with E-state index in [1.807, 2.05) is 12.3 Å². The van der Waals surface area contributed by atoms with E-state index >= 15 is 0 Å². The number of aromatic nitrogens is 1. The second-order valence-electron chi connectivity index (χ2n) is 6.35. The van der Waals surface area contributed by atoms with Gasteiger partial charge in [0.1, 0.15) is 0 Å². The smallest absolute Gasteiger partial charge is 0.416 e. The molecule has 3 aromatic rings. The molecule has 0 atom stereocenters. The summed E-state index contributed by atoms with van der Waals surface area (Å²) < 4.78 is 43.4. The summed E-state index contributed by atoms with van der Waals surface area (Å²) in [6.07, 6.45) is -4.52. The lowest BCUT2D eigenvalue weighted by molar-refractivity contribution is -0.137. The average molecular weight is 467 g/mol. The van der Waals surface area contributed by atoms with Crippen molar-refractivity contribution >= 4 is 40.7 Å². The highest BCUT2D eigenvalue weighted by Gasteiger charge is 2.30. The third-order valence-electron chi connectivity index (χ3n) is 3.96. The third-order valence-corrected chi connectivity index (χ3v) is 5.89. The van der Waals surface area contributed by atoms with Crippen molar-refractivity contribution in [3.63, 3.8) is 0 Å². The minimum absolute atomic E-state index is 0.0367. The molecule has 0 saturated carbocycles. The van der Waals surface area contributed by atoms with Crippen LogP contribution in [0.2, 0.25) is 0 Å². The fourth-order valence-corrected chi connectivity index (χ4v) is 4.22. The van der Waals surface area contributed by atoms with Crippen molar-refractivity contribution in [1.29, 1.82) is 0 Å². The molecule has 0 saturated heterocycles. The van der Waals surface area contributed by atoms with Gasteiger partial charge >= 0.3 is 12.1 Å². The normalized spacial score (nSPS) is 11.2. The molecular formula is C21H17F3N2O3S2. The number of rotatable bonds is 7. The van der Waals surface area contributed by atoms with E-state index in [9.17, 15) is 22.8 Å². The maximum atomic E-state index is 12.8. The Morgan fingerprint density at radius 1 is 1.16 bits per heavy atom. The van der Waals surface area contributed by atoms with Gasteiger partial charge in [-0.1, -0.05) is 18.2 Å². The molecule has 1 N–H and O–H groups in total. The van der Waals surface area contributed by atoms with E-state index in [1.165, 1.54) is 23.9 Å². The maximum absolute atomic E-state index is 12.8. The summed E-state index contributed by atoms with van der Waals surface area (Å²) in [4.78, 5) is 29.5. The van der Waals surface area contributed by atoms with Crippen LogP contribution in [0.1, 0.15) is 26.6 Å².